The number of aromatic nitrogens is 2. The first-order valence-electron chi connectivity index (χ1n) is 8.53. The third kappa shape index (κ3) is 4.95. The molecule has 1 aliphatic rings. The molecule has 8 nitrogen and oxygen atoms in total. The maximum absolute atomic E-state index is 12.6. The standard InChI is InChI=1S/C17H21BrN4O4S/c1-13(11-21-12-14(18)10-19-21)17(23)20-15-2-4-16(5-3-15)27(24,25)22-6-8-26-9-7-22/h2-5,10,12-13H,6-9,11H2,1H3,(H,20,23). The number of hydrogen-bond acceptors (Lipinski definition) is 5. The van der Waals surface area contributed by atoms with Crippen LogP contribution in [0, 0.1) is 5.92 Å². The summed E-state index contributed by atoms with van der Waals surface area (Å²) in [5.74, 6) is -0.459. The number of anilines is 1. The predicted octanol–water partition coefficient (Wildman–Crippen LogP) is 1.94. The van der Waals surface area contributed by atoms with Crippen LogP contribution in [0.25, 0.3) is 0 Å². The molecule has 1 unspecified atom stereocenters. The normalized spacial score (nSPS) is 16.8. The molecule has 0 bridgehead atoms. The van der Waals surface area contributed by atoms with Gasteiger partial charge < -0.3 is 10.1 Å². The molecule has 0 saturated carbocycles. The van der Waals surface area contributed by atoms with Crippen LogP contribution >= 0.6 is 15.9 Å². The molecule has 2 heterocycles. The van der Waals surface area contributed by atoms with Gasteiger partial charge in [-0.25, -0.2) is 8.42 Å². The van der Waals surface area contributed by atoms with Crippen LogP contribution in [0.2, 0.25) is 0 Å². The number of sulfonamides is 1. The van der Waals surface area contributed by atoms with Crippen LogP contribution in [0.15, 0.2) is 46.0 Å². The SMILES string of the molecule is CC(Cn1cc(Br)cn1)C(=O)Nc1ccc(S(=O)(=O)N2CCOCC2)cc1. The number of carbonyl (C=O) groups excluding carboxylic acids is 1. The number of halogens is 1. The van der Waals surface area contributed by atoms with Crippen LogP contribution < -0.4 is 5.32 Å². The number of nitrogens with one attached hydrogen (secondary N) is 1. The Bertz CT molecular complexity index is 892. The summed E-state index contributed by atoms with van der Waals surface area (Å²) in [4.78, 5) is 12.6. The zero-order chi connectivity index (χ0) is 19.4. The number of benzene rings is 1. The van der Waals surface area contributed by atoms with Crippen LogP contribution in [-0.2, 0) is 26.1 Å². The van der Waals surface area contributed by atoms with Gasteiger partial charge in [0, 0.05) is 25.0 Å². The number of amides is 1. The second-order valence-corrected chi connectivity index (χ2v) is 9.17. The fourth-order valence-corrected chi connectivity index (χ4v) is 4.45. The Kier molecular flexibility index (Phi) is 6.30. The van der Waals surface area contributed by atoms with Crippen molar-refractivity contribution in [2.24, 2.45) is 5.92 Å². The van der Waals surface area contributed by atoms with Crippen molar-refractivity contribution in [3.05, 3.63) is 41.1 Å². The number of hydrogen-bond donors (Lipinski definition) is 1. The molecule has 0 radical (unpaired) electrons. The first kappa shape index (κ1) is 20.0. The number of morpholine rings is 1. The van der Waals surface area contributed by atoms with E-state index in [-0.39, 0.29) is 16.7 Å². The Morgan fingerprint density at radius 3 is 2.56 bits per heavy atom. The molecule has 1 aliphatic heterocycles. The van der Waals surface area contributed by atoms with Gasteiger partial charge in [0.25, 0.3) is 0 Å². The highest BCUT2D eigenvalue weighted by Crippen LogP contribution is 2.20. The molecule has 3 rings (SSSR count). The molecule has 1 aromatic heterocycles. The molecule has 1 fully saturated rings. The number of rotatable bonds is 6. The maximum Gasteiger partial charge on any atom is 0.243 e. The average Bonchev–Trinajstić information content (AvgIpc) is 3.07. The van der Waals surface area contributed by atoms with E-state index in [0.717, 1.165) is 4.47 Å². The topological polar surface area (TPSA) is 93.5 Å². The monoisotopic (exact) mass is 456 g/mol. The molecule has 1 aromatic carbocycles. The van der Waals surface area contributed by atoms with Gasteiger partial charge in [0.15, 0.2) is 0 Å². The first-order valence-corrected chi connectivity index (χ1v) is 10.8. The van der Waals surface area contributed by atoms with E-state index in [1.165, 1.54) is 16.4 Å². The molecule has 27 heavy (non-hydrogen) atoms. The van der Waals surface area contributed by atoms with Crippen molar-refractivity contribution >= 4 is 37.5 Å². The highest BCUT2D eigenvalue weighted by Gasteiger charge is 2.26. The first-order chi connectivity index (χ1) is 12.9. The molecule has 146 valence electrons. The summed E-state index contributed by atoms with van der Waals surface area (Å²) in [7, 11) is -3.54. The Hall–Kier alpha value is -1.75. The zero-order valence-electron chi connectivity index (χ0n) is 14.8. The summed E-state index contributed by atoms with van der Waals surface area (Å²) in [6.07, 6.45) is 3.47. The van der Waals surface area contributed by atoms with E-state index in [4.69, 9.17) is 4.74 Å². The van der Waals surface area contributed by atoms with Gasteiger partial charge in [-0.15, -0.1) is 0 Å². The van der Waals surface area contributed by atoms with E-state index < -0.39 is 10.0 Å². The van der Waals surface area contributed by atoms with E-state index in [0.29, 0.717) is 38.5 Å². The second kappa shape index (κ2) is 8.51. The third-order valence-corrected chi connectivity index (χ3v) is 6.56. The molecule has 1 saturated heterocycles. The van der Waals surface area contributed by atoms with Crippen LogP contribution in [0.4, 0.5) is 5.69 Å². The van der Waals surface area contributed by atoms with Crippen molar-refractivity contribution < 1.29 is 17.9 Å². The molecule has 1 N–H and O–H groups in total. The Labute approximate surface area is 166 Å². The third-order valence-electron chi connectivity index (χ3n) is 4.24. The van der Waals surface area contributed by atoms with Gasteiger partial charge >= 0.3 is 0 Å². The number of carbonyl (C=O) groups is 1. The van der Waals surface area contributed by atoms with E-state index in [2.05, 4.69) is 26.3 Å². The lowest BCUT2D eigenvalue weighted by molar-refractivity contribution is -0.119. The van der Waals surface area contributed by atoms with Gasteiger partial charge in [-0.3, -0.25) is 9.48 Å². The molecular formula is C17H21BrN4O4S. The highest BCUT2D eigenvalue weighted by molar-refractivity contribution is 9.10. The van der Waals surface area contributed by atoms with Crippen LogP contribution in [0.5, 0.6) is 0 Å². The minimum Gasteiger partial charge on any atom is -0.379 e. The van der Waals surface area contributed by atoms with E-state index in [1.807, 2.05) is 6.92 Å². The molecule has 2 aromatic rings. The van der Waals surface area contributed by atoms with E-state index in [1.54, 1.807) is 29.2 Å². The Morgan fingerprint density at radius 1 is 1.30 bits per heavy atom. The summed E-state index contributed by atoms with van der Waals surface area (Å²) in [5.41, 5.74) is 0.550. The average molecular weight is 457 g/mol. The zero-order valence-corrected chi connectivity index (χ0v) is 17.2. The summed E-state index contributed by atoms with van der Waals surface area (Å²) in [5, 5.41) is 6.94. The molecule has 1 amide bonds. The lowest BCUT2D eigenvalue weighted by Crippen LogP contribution is -2.40. The fourth-order valence-electron chi connectivity index (χ4n) is 2.71. The number of ether oxygens (including phenoxy) is 1. The van der Waals surface area contributed by atoms with Crippen molar-refractivity contribution in [1.82, 2.24) is 14.1 Å². The number of nitrogens with zero attached hydrogens (tertiary/aromatic N) is 3. The minimum atomic E-state index is -3.54. The van der Waals surface area contributed by atoms with Gasteiger partial charge in [0.1, 0.15) is 0 Å². The summed E-state index contributed by atoms with van der Waals surface area (Å²) >= 11 is 3.32. The quantitative estimate of drug-likeness (QED) is 0.716. The molecule has 10 heteroatoms. The van der Waals surface area contributed by atoms with Crippen molar-refractivity contribution in [3.63, 3.8) is 0 Å². The smallest absolute Gasteiger partial charge is 0.243 e. The van der Waals surface area contributed by atoms with Gasteiger partial charge in [-0.2, -0.15) is 9.40 Å². The van der Waals surface area contributed by atoms with Gasteiger partial charge in [-0.1, -0.05) is 6.92 Å². The van der Waals surface area contributed by atoms with Gasteiger partial charge in [0.05, 0.1) is 41.2 Å². The largest absolute Gasteiger partial charge is 0.379 e. The van der Waals surface area contributed by atoms with Crippen LogP contribution in [-0.4, -0.2) is 54.7 Å². The summed E-state index contributed by atoms with van der Waals surface area (Å²) < 4.78 is 34.4. The summed E-state index contributed by atoms with van der Waals surface area (Å²) in [6.45, 7) is 3.75. The fraction of sp³-hybridized carbons (Fsp3) is 0.412. The Balaban J connectivity index is 1.62. The van der Waals surface area contributed by atoms with Crippen molar-refractivity contribution in [1.29, 1.82) is 0 Å². The second-order valence-electron chi connectivity index (χ2n) is 6.31. The predicted molar refractivity (Wildman–Crippen MR) is 104 cm³/mol. The van der Waals surface area contributed by atoms with E-state index in [9.17, 15) is 13.2 Å². The van der Waals surface area contributed by atoms with E-state index >= 15 is 0 Å². The lowest BCUT2D eigenvalue weighted by Gasteiger charge is -2.26. The van der Waals surface area contributed by atoms with Crippen molar-refractivity contribution in [3.8, 4) is 0 Å². The van der Waals surface area contributed by atoms with Gasteiger partial charge in [-0.05, 0) is 40.2 Å². The van der Waals surface area contributed by atoms with Crippen LogP contribution in [0.3, 0.4) is 0 Å². The maximum atomic E-state index is 12.6. The summed E-state index contributed by atoms with van der Waals surface area (Å²) in [6, 6.07) is 6.22. The van der Waals surface area contributed by atoms with Gasteiger partial charge in [0.2, 0.25) is 15.9 Å². The van der Waals surface area contributed by atoms with Crippen LogP contribution in [0.1, 0.15) is 6.92 Å². The molecule has 1 atom stereocenters. The molecule has 0 aliphatic carbocycles. The van der Waals surface area contributed by atoms with Crippen molar-refractivity contribution in [2.75, 3.05) is 31.6 Å². The minimum absolute atomic E-state index is 0.162. The molecular weight excluding hydrogens is 436 g/mol. The van der Waals surface area contributed by atoms with Crippen molar-refractivity contribution in [2.45, 2.75) is 18.4 Å². The highest BCUT2D eigenvalue weighted by atomic mass is 79.9. The Morgan fingerprint density at radius 2 is 1.96 bits per heavy atom. The lowest BCUT2D eigenvalue weighted by atomic mass is 10.1. The molecule has 0 spiro atoms.